The summed E-state index contributed by atoms with van der Waals surface area (Å²) < 4.78 is 0. The zero-order valence-corrected chi connectivity index (χ0v) is 28.4. The highest BCUT2D eigenvalue weighted by Gasteiger charge is 2.38. The van der Waals surface area contributed by atoms with Gasteiger partial charge in [-0.2, -0.15) is 0 Å². The summed E-state index contributed by atoms with van der Waals surface area (Å²) in [5.74, 6) is 1.03. The molecule has 2 aliphatic rings. The van der Waals surface area contributed by atoms with Crippen LogP contribution in [0.15, 0.2) is 35.4 Å². The molecule has 0 saturated carbocycles. The molecule has 0 nitrogen and oxygen atoms in total. The molecule has 0 spiro atoms. The molecule has 2 unspecified atom stereocenters. The summed E-state index contributed by atoms with van der Waals surface area (Å²) in [6.07, 6.45) is 9.88. The van der Waals surface area contributed by atoms with E-state index in [0.717, 1.165) is 12.8 Å². The van der Waals surface area contributed by atoms with Gasteiger partial charge in [-0.15, -0.1) is 0 Å². The van der Waals surface area contributed by atoms with Crippen LogP contribution in [0.25, 0.3) is 12.2 Å². The lowest BCUT2D eigenvalue weighted by atomic mass is 9.72. The second-order valence-corrected chi connectivity index (χ2v) is 16.8. The lowest BCUT2D eigenvalue weighted by molar-refractivity contribution is 0.536. The summed E-state index contributed by atoms with van der Waals surface area (Å²) in [5, 5.41) is 0. The number of hydrogen-bond donors (Lipinski definition) is 0. The second kappa shape index (κ2) is 10.3. The van der Waals surface area contributed by atoms with Gasteiger partial charge < -0.3 is 0 Å². The maximum atomic E-state index is 2.59. The van der Waals surface area contributed by atoms with Gasteiger partial charge in [0.2, 0.25) is 0 Å². The van der Waals surface area contributed by atoms with Gasteiger partial charge in [-0.3, -0.25) is 0 Å². The Morgan fingerprint density at radius 2 is 0.725 bits per heavy atom. The zero-order chi connectivity index (χ0) is 30.0. The standard InChI is InChI=1S/C40H58/c1-15-25-23-29-31(37(3,4)5)19-21-33(39(9,10)11)35(29)27(25)17-18-28-26(16-2)24-30-32(38(6,7)8)20-22-34(36(28)30)40(12,13)14/h19-24,27-28H,15-18H2,1-14H3. The van der Waals surface area contributed by atoms with Crippen molar-refractivity contribution >= 4 is 12.2 Å². The average Bonchev–Trinajstić information content (AvgIpc) is 3.36. The maximum absolute atomic E-state index is 2.59. The molecule has 0 aliphatic heterocycles. The van der Waals surface area contributed by atoms with Gasteiger partial charge in [0.05, 0.1) is 0 Å². The first kappa shape index (κ1) is 30.9. The van der Waals surface area contributed by atoms with Crippen molar-refractivity contribution in [1.82, 2.24) is 0 Å². The van der Waals surface area contributed by atoms with Gasteiger partial charge in [0.15, 0.2) is 0 Å². The van der Waals surface area contributed by atoms with Gasteiger partial charge in [0.25, 0.3) is 0 Å². The van der Waals surface area contributed by atoms with Crippen LogP contribution in [0.4, 0.5) is 0 Å². The van der Waals surface area contributed by atoms with Crippen LogP contribution in [-0.2, 0) is 21.7 Å². The zero-order valence-electron chi connectivity index (χ0n) is 28.4. The Kier molecular flexibility index (Phi) is 7.97. The third-order valence-electron chi connectivity index (χ3n) is 9.62. The van der Waals surface area contributed by atoms with E-state index in [1.165, 1.54) is 35.1 Å². The molecule has 0 amide bonds. The van der Waals surface area contributed by atoms with Crippen molar-refractivity contribution in [3.8, 4) is 0 Å². The van der Waals surface area contributed by atoms with Crippen LogP contribution < -0.4 is 0 Å². The van der Waals surface area contributed by atoms with E-state index in [2.05, 4.69) is 133 Å². The second-order valence-electron chi connectivity index (χ2n) is 16.8. The molecule has 4 rings (SSSR count). The number of hydrogen-bond acceptors (Lipinski definition) is 0. The van der Waals surface area contributed by atoms with Gasteiger partial charge in [-0.1, -0.05) is 144 Å². The molecular weight excluding hydrogens is 480 g/mol. The van der Waals surface area contributed by atoms with Crippen molar-refractivity contribution < 1.29 is 0 Å². The van der Waals surface area contributed by atoms with Crippen LogP contribution >= 0.6 is 0 Å². The van der Waals surface area contributed by atoms with Crippen LogP contribution in [-0.4, -0.2) is 0 Å². The molecule has 0 aromatic heterocycles. The minimum atomic E-state index is 0.130. The molecule has 0 fully saturated rings. The summed E-state index contributed by atoms with van der Waals surface area (Å²) >= 11 is 0. The van der Waals surface area contributed by atoms with Crippen molar-refractivity contribution in [3.05, 3.63) is 79.9 Å². The van der Waals surface area contributed by atoms with Gasteiger partial charge >= 0.3 is 0 Å². The molecule has 0 N–H and O–H groups in total. The number of benzene rings is 2. The lowest BCUT2D eigenvalue weighted by Gasteiger charge is -2.32. The van der Waals surface area contributed by atoms with Gasteiger partial charge in [-0.25, -0.2) is 0 Å². The topological polar surface area (TPSA) is 0 Å². The summed E-state index contributed by atoms with van der Waals surface area (Å²) in [6, 6.07) is 9.80. The van der Waals surface area contributed by atoms with Crippen LogP contribution in [0.5, 0.6) is 0 Å². The lowest BCUT2D eigenvalue weighted by Crippen LogP contribution is -2.21. The quantitative estimate of drug-likeness (QED) is 0.355. The molecular formula is C40H58. The van der Waals surface area contributed by atoms with Crippen molar-refractivity contribution in [2.24, 2.45) is 0 Å². The average molecular weight is 539 g/mol. The monoisotopic (exact) mass is 538 g/mol. The van der Waals surface area contributed by atoms with E-state index in [-0.39, 0.29) is 21.7 Å². The molecule has 2 aromatic rings. The molecule has 0 heterocycles. The van der Waals surface area contributed by atoms with Crippen LogP contribution in [0, 0.1) is 0 Å². The van der Waals surface area contributed by atoms with Crippen LogP contribution in [0.1, 0.15) is 179 Å². The van der Waals surface area contributed by atoms with E-state index < -0.39 is 0 Å². The van der Waals surface area contributed by atoms with E-state index in [4.69, 9.17) is 0 Å². The summed E-state index contributed by atoms with van der Waals surface area (Å²) in [6.45, 7) is 33.4. The molecule has 0 heteroatoms. The number of rotatable bonds is 5. The van der Waals surface area contributed by atoms with Gasteiger partial charge in [0, 0.05) is 11.8 Å². The minimum absolute atomic E-state index is 0.130. The summed E-state index contributed by atoms with van der Waals surface area (Å²) in [4.78, 5) is 0. The first-order valence-electron chi connectivity index (χ1n) is 16.1. The van der Waals surface area contributed by atoms with Crippen LogP contribution in [0.3, 0.4) is 0 Å². The Balaban J connectivity index is 1.84. The fraction of sp³-hybridized carbons (Fsp3) is 0.600. The first-order chi connectivity index (χ1) is 18.3. The van der Waals surface area contributed by atoms with Gasteiger partial charge in [-0.05, 0) is 91.9 Å². The van der Waals surface area contributed by atoms with Crippen molar-refractivity contribution in [3.63, 3.8) is 0 Å². The molecule has 218 valence electrons. The minimum Gasteiger partial charge on any atom is -0.0623 e. The maximum Gasteiger partial charge on any atom is 0.00607 e. The molecule has 0 bridgehead atoms. The smallest absolute Gasteiger partial charge is 0.00607 e. The Bertz CT molecular complexity index is 1220. The van der Waals surface area contributed by atoms with Crippen molar-refractivity contribution in [2.45, 2.75) is 156 Å². The van der Waals surface area contributed by atoms with E-state index >= 15 is 0 Å². The Morgan fingerprint density at radius 1 is 0.450 bits per heavy atom. The van der Waals surface area contributed by atoms with E-state index in [1.807, 2.05) is 0 Å². The molecule has 0 saturated heterocycles. The Hall–Kier alpha value is -2.08. The third kappa shape index (κ3) is 5.54. The predicted octanol–water partition coefficient (Wildman–Crippen LogP) is 12.1. The van der Waals surface area contributed by atoms with E-state index in [9.17, 15) is 0 Å². The molecule has 0 radical (unpaired) electrons. The number of fused-ring (bicyclic) bond motifs is 2. The molecule has 2 aliphatic carbocycles. The van der Waals surface area contributed by atoms with Gasteiger partial charge in [0.1, 0.15) is 0 Å². The fourth-order valence-electron chi connectivity index (χ4n) is 7.58. The molecule has 40 heavy (non-hydrogen) atoms. The fourth-order valence-corrected chi connectivity index (χ4v) is 7.58. The molecule has 2 atom stereocenters. The van der Waals surface area contributed by atoms with E-state index in [0.29, 0.717) is 11.8 Å². The largest absolute Gasteiger partial charge is 0.0623 e. The summed E-state index contributed by atoms with van der Waals surface area (Å²) in [5.41, 5.74) is 16.3. The molecule has 2 aromatic carbocycles. The first-order valence-corrected chi connectivity index (χ1v) is 16.1. The highest BCUT2D eigenvalue weighted by Crippen LogP contribution is 2.53. The predicted molar refractivity (Wildman–Crippen MR) is 179 cm³/mol. The Morgan fingerprint density at radius 3 is 0.975 bits per heavy atom. The summed E-state index contributed by atoms with van der Waals surface area (Å²) in [7, 11) is 0. The SMILES string of the molecule is CCC1=Cc2c(C(C)(C)C)ccc(C(C)(C)C)c2C1CCC1C(CC)=Cc2c(C(C)(C)C)ccc(C(C)(C)C)c21. The van der Waals surface area contributed by atoms with Crippen molar-refractivity contribution in [1.29, 1.82) is 0 Å². The highest BCUT2D eigenvalue weighted by atomic mass is 14.4. The van der Waals surface area contributed by atoms with Crippen molar-refractivity contribution in [2.75, 3.05) is 0 Å². The van der Waals surface area contributed by atoms with E-state index in [1.54, 1.807) is 33.4 Å². The Labute approximate surface area is 247 Å². The van der Waals surface area contributed by atoms with Crippen LogP contribution in [0.2, 0.25) is 0 Å². The normalized spacial score (nSPS) is 19.4. The third-order valence-corrected chi connectivity index (χ3v) is 9.62. The highest BCUT2D eigenvalue weighted by molar-refractivity contribution is 5.74. The number of allylic oxidation sites excluding steroid dienone is 2.